The zero-order valence-electron chi connectivity index (χ0n) is 12.4. The van der Waals surface area contributed by atoms with E-state index in [1.54, 1.807) is 7.11 Å². The number of nitrogens with one attached hydrogen (secondary N) is 2. The summed E-state index contributed by atoms with van der Waals surface area (Å²) < 4.78 is 16.3. The van der Waals surface area contributed by atoms with Gasteiger partial charge in [-0.1, -0.05) is 6.92 Å². The highest BCUT2D eigenvalue weighted by atomic mass is 16.5. The van der Waals surface area contributed by atoms with Crippen molar-refractivity contribution >= 4 is 5.91 Å². The van der Waals surface area contributed by atoms with Crippen LogP contribution in [-0.4, -0.2) is 64.2 Å². The lowest BCUT2D eigenvalue weighted by atomic mass is 10.00. The molecule has 6 nitrogen and oxygen atoms in total. The van der Waals surface area contributed by atoms with E-state index in [4.69, 9.17) is 14.2 Å². The molecule has 2 N–H and O–H groups in total. The summed E-state index contributed by atoms with van der Waals surface area (Å²) in [6.07, 6.45) is 1.87. The fourth-order valence-corrected chi connectivity index (χ4v) is 2.68. The quantitative estimate of drug-likeness (QED) is 0.685. The number of rotatable bonds is 7. The third kappa shape index (κ3) is 3.69. The second-order valence-corrected chi connectivity index (χ2v) is 5.61. The van der Waals surface area contributed by atoms with Crippen molar-refractivity contribution in [3.63, 3.8) is 0 Å². The Kier molecular flexibility index (Phi) is 5.77. The monoisotopic (exact) mass is 286 g/mol. The van der Waals surface area contributed by atoms with Crippen molar-refractivity contribution in [3.05, 3.63) is 0 Å². The Morgan fingerprint density at radius 1 is 1.40 bits per heavy atom. The maximum atomic E-state index is 12.3. The van der Waals surface area contributed by atoms with Crippen molar-refractivity contribution in [1.82, 2.24) is 10.6 Å². The van der Waals surface area contributed by atoms with Crippen LogP contribution in [0, 0.1) is 5.92 Å². The average Bonchev–Trinajstić information content (AvgIpc) is 3.12. The first kappa shape index (κ1) is 15.7. The first-order valence-electron chi connectivity index (χ1n) is 7.42. The van der Waals surface area contributed by atoms with Crippen molar-refractivity contribution in [1.29, 1.82) is 0 Å². The van der Waals surface area contributed by atoms with E-state index in [1.165, 1.54) is 0 Å². The fourth-order valence-electron chi connectivity index (χ4n) is 2.68. The molecule has 2 fully saturated rings. The Morgan fingerprint density at radius 2 is 2.25 bits per heavy atom. The minimum atomic E-state index is -0.360. The summed E-state index contributed by atoms with van der Waals surface area (Å²) in [5.41, 5.74) is -0.360. The van der Waals surface area contributed by atoms with Gasteiger partial charge < -0.3 is 24.8 Å². The van der Waals surface area contributed by atoms with E-state index in [-0.39, 0.29) is 23.5 Å². The second kappa shape index (κ2) is 7.36. The topological polar surface area (TPSA) is 68.8 Å². The molecule has 2 rings (SSSR count). The van der Waals surface area contributed by atoms with E-state index in [9.17, 15) is 4.79 Å². The van der Waals surface area contributed by atoms with Crippen molar-refractivity contribution in [2.24, 2.45) is 5.92 Å². The van der Waals surface area contributed by atoms with Gasteiger partial charge >= 0.3 is 0 Å². The molecule has 2 aliphatic rings. The first-order valence-corrected chi connectivity index (χ1v) is 7.42. The van der Waals surface area contributed by atoms with Gasteiger partial charge in [-0.3, -0.25) is 4.79 Å². The SMILES string of the molecule is CCCNC1COCC1C(=O)NCC1(OC)CCOC1. The summed E-state index contributed by atoms with van der Waals surface area (Å²) in [5.74, 6) is -0.0720. The predicted molar refractivity (Wildman–Crippen MR) is 74.6 cm³/mol. The van der Waals surface area contributed by atoms with Crippen LogP contribution in [0.15, 0.2) is 0 Å². The van der Waals surface area contributed by atoms with E-state index in [1.807, 2.05) is 0 Å². The number of carbonyl (C=O) groups is 1. The standard InChI is InChI=1S/C14H26N2O4/c1-3-5-15-12-8-20-7-11(12)13(17)16-9-14(18-2)4-6-19-10-14/h11-12,15H,3-10H2,1-2H3,(H,16,17). The molecule has 0 aliphatic carbocycles. The van der Waals surface area contributed by atoms with E-state index in [0.29, 0.717) is 33.0 Å². The third-order valence-electron chi connectivity index (χ3n) is 4.16. The lowest BCUT2D eigenvalue weighted by molar-refractivity contribution is -0.127. The molecule has 3 atom stereocenters. The second-order valence-electron chi connectivity index (χ2n) is 5.61. The van der Waals surface area contributed by atoms with Crippen molar-refractivity contribution < 1.29 is 19.0 Å². The normalized spacial score (nSPS) is 33.5. The van der Waals surface area contributed by atoms with Gasteiger partial charge in [0.1, 0.15) is 5.60 Å². The molecule has 0 aromatic rings. The van der Waals surface area contributed by atoms with Gasteiger partial charge in [0.2, 0.25) is 5.91 Å². The molecule has 6 heteroatoms. The number of methoxy groups -OCH3 is 1. The average molecular weight is 286 g/mol. The molecular formula is C14H26N2O4. The van der Waals surface area contributed by atoms with E-state index >= 15 is 0 Å². The molecule has 3 unspecified atom stereocenters. The maximum Gasteiger partial charge on any atom is 0.227 e. The van der Waals surface area contributed by atoms with E-state index in [2.05, 4.69) is 17.6 Å². The molecule has 20 heavy (non-hydrogen) atoms. The lowest BCUT2D eigenvalue weighted by Crippen LogP contribution is -2.50. The molecular weight excluding hydrogens is 260 g/mol. The number of hydrogen-bond donors (Lipinski definition) is 2. The van der Waals surface area contributed by atoms with Crippen molar-refractivity contribution in [2.75, 3.05) is 46.6 Å². The van der Waals surface area contributed by atoms with Gasteiger partial charge in [-0.25, -0.2) is 0 Å². The number of carbonyl (C=O) groups excluding carboxylic acids is 1. The van der Waals surface area contributed by atoms with Crippen LogP contribution < -0.4 is 10.6 Å². The third-order valence-corrected chi connectivity index (χ3v) is 4.16. The van der Waals surface area contributed by atoms with E-state index < -0.39 is 0 Å². The molecule has 1 amide bonds. The Balaban J connectivity index is 1.81. The smallest absolute Gasteiger partial charge is 0.227 e. The van der Waals surface area contributed by atoms with Crippen molar-refractivity contribution in [3.8, 4) is 0 Å². The molecule has 0 aromatic carbocycles. The van der Waals surface area contributed by atoms with Crippen LogP contribution in [0.2, 0.25) is 0 Å². The molecule has 2 heterocycles. The number of amides is 1. The largest absolute Gasteiger partial charge is 0.379 e. The fraction of sp³-hybridized carbons (Fsp3) is 0.929. The van der Waals surface area contributed by atoms with Gasteiger partial charge in [-0.2, -0.15) is 0 Å². The Morgan fingerprint density at radius 3 is 2.90 bits per heavy atom. The van der Waals surface area contributed by atoms with Crippen LogP contribution in [-0.2, 0) is 19.0 Å². The highest BCUT2D eigenvalue weighted by molar-refractivity contribution is 5.80. The molecule has 0 spiro atoms. The zero-order valence-corrected chi connectivity index (χ0v) is 12.4. The van der Waals surface area contributed by atoms with Gasteiger partial charge in [0, 0.05) is 32.7 Å². The Labute approximate surface area is 120 Å². The summed E-state index contributed by atoms with van der Waals surface area (Å²) in [5, 5.41) is 6.37. The molecule has 0 aromatic heterocycles. The molecule has 2 aliphatic heterocycles. The van der Waals surface area contributed by atoms with Crippen LogP contribution in [0.4, 0.5) is 0 Å². The van der Waals surface area contributed by atoms with Gasteiger partial charge in [-0.05, 0) is 13.0 Å². The first-order chi connectivity index (χ1) is 9.71. The summed E-state index contributed by atoms with van der Waals surface area (Å²) in [4.78, 5) is 12.3. The van der Waals surface area contributed by atoms with Crippen molar-refractivity contribution in [2.45, 2.75) is 31.4 Å². The highest BCUT2D eigenvalue weighted by Gasteiger charge is 2.38. The van der Waals surface area contributed by atoms with Gasteiger partial charge in [0.05, 0.1) is 25.7 Å². The lowest BCUT2D eigenvalue weighted by Gasteiger charge is -2.27. The Bertz CT molecular complexity index is 318. The minimum Gasteiger partial charge on any atom is -0.379 e. The molecule has 0 radical (unpaired) electrons. The van der Waals surface area contributed by atoms with Crippen LogP contribution in [0.5, 0.6) is 0 Å². The highest BCUT2D eigenvalue weighted by Crippen LogP contribution is 2.22. The number of ether oxygens (including phenoxy) is 3. The summed E-state index contributed by atoms with van der Waals surface area (Å²) in [6.45, 7) is 5.85. The van der Waals surface area contributed by atoms with Gasteiger partial charge in [0.15, 0.2) is 0 Å². The predicted octanol–water partition coefficient (Wildman–Crippen LogP) is -0.0773. The molecule has 116 valence electrons. The van der Waals surface area contributed by atoms with Crippen LogP contribution in [0.1, 0.15) is 19.8 Å². The summed E-state index contributed by atoms with van der Waals surface area (Å²) in [7, 11) is 1.67. The van der Waals surface area contributed by atoms with Crippen LogP contribution in [0.3, 0.4) is 0 Å². The van der Waals surface area contributed by atoms with Crippen LogP contribution >= 0.6 is 0 Å². The molecule has 0 saturated carbocycles. The number of hydrogen-bond acceptors (Lipinski definition) is 5. The summed E-state index contributed by atoms with van der Waals surface area (Å²) in [6, 6.07) is 0.119. The van der Waals surface area contributed by atoms with E-state index in [0.717, 1.165) is 19.4 Å². The van der Waals surface area contributed by atoms with Crippen LogP contribution in [0.25, 0.3) is 0 Å². The zero-order chi connectivity index (χ0) is 14.4. The summed E-state index contributed by atoms with van der Waals surface area (Å²) >= 11 is 0. The molecule has 0 bridgehead atoms. The molecule has 2 saturated heterocycles. The minimum absolute atomic E-state index is 0.0411. The van der Waals surface area contributed by atoms with Gasteiger partial charge in [-0.15, -0.1) is 0 Å². The van der Waals surface area contributed by atoms with Gasteiger partial charge in [0.25, 0.3) is 0 Å². The maximum absolute atomic E-state index is 12.3. The Hall–Kier alpha value is -0.690.